The number of nitrogens with one attached hydrogen (secondary N) is 2. The number of aryl methyl sites for hydroxylation is 5. The van der Waals surface area contributed by atoms with Crippen molar-refractivity contribution in [1.82, 2.24) is 48.5 Å². The smallest absolute Gasteiger partial charge is 0.276 e. The Kier molecular flexibility index (Phi) is 15.6. The van der Waals surface area contributed by atoms with Crippen LogP contribution in [0.25, 0.3) is 22.1 Å². The number of carbonyl (C=O) groups excluding carboxylic acids is 4. The van der Waals surface area contributed by atoms with Crippen LogP contribution in [0.1, 0.15) is 93.7 Å². The first kappa shape index (κ1) is 50.5. The van der Waals surface area contributed by atoms with Crippen molar-refractivity contribution in [2.75, 3.05) is 95.4 Å². The molecular weight excluding hydrogens is 915 g/mol. The van der Waals surface area contributed by atoms with Crippen molar-refractivity contribution >= 4 is 63.3 Å². The molecule has 4 aromatic heterocycles. The lowest BCUT2D eigenvalue weighted by Crippen LogP contribution is -2.44. The van der Waals surface area contributed by atoms with Crippen LogP contribution in [0.4, 0.5) is 17.6 Å². The van der Waals surface area contributed by atoms with Gasteiger partial charge in [0.25, 0.3) is 11.8 Å². The summed E-state index contributed by atoms with van der Waals surface area (Å²) in [6.07, 6.45) is 0.209. The largest absolute Gasteiger partial charge is 0.491 e. The number of morpholine rings is 1. The Morgan fingerprint density at radius 2 is 1.52 bits per heavy atom. The molecule has 71 heavy (non-hydrogen) atoms. The van der Waals surface area contributed by atoms with Crippen LogP contribution < -0.4 is 31.7 Å². The maximum Gasteiger partial charge on any atom is 0.276 e. The fourth-order valence-corrected chi connectivity index (χ4v) is 9.38. The van der Waals surface area contributed by atoms with Crippen LogP contribution in [0.15, 0.2) is 36.4 Å². The number of rotatable bonds is 22. The van der Waals surface area contributed by atoms with Gasteiger partial charge in [-0.3, -0.25) is 44.1 Å². The molecule has 0 bridgehead atoms. The molecule has 0 saturated carbocycles. The minimum atomic E-state index is -1.35. The van der Waals surface area contributed by atoms with Gasteiger partial charge in [0, 0.05) is 77.6 Å². The highest BCUT2D eigenvalue weighted by atomic mass is 16.5. The van der Waals surface area contributed by atoms with Gasteiger partial charge in [0.15, 0.2) is 0 Å². The third-order valence-electron chi connectivity index (χ3n) is 12.9. The maximum atomic E-state index is 14.1. The first-order chi connectivity index (χ1) is 34.2. The van der Waals surface area contributed by atoms with Crippen LogP contribution in [0.5, 0.6) is 5.75 Å². The molecular formula is C48H65N15O8. The third kappa shape index (κ3) is 11.0. The first-order valence-corrected chi connectivity index (χ1v) is 24.1. The molecule has 7 N–H and O–H groups in total. The second-order valence-electron chi connectivity index (χ2n) is 18.0. The molecule has 2 aliphatic heterocycles. The summed E-state index contributed by atoms with van der Waals surface area (Å²) in [7, 11) is 3.40. The van der Waals surface area contributed by atoms with E-state index in [1.165, 1.54) is 0 Å². The molecule has 6 heterocycles. The van der Waals surface area contributed by atoms with E-state index in [0.29, 0.717) is 155 Å². The SMILES string of the molecule is CCn1nc(C)cc1C(=O)Nc1nc2cc(C(N)O)cc(OCCCN(C)C(=O)CN3CCOCC3)c2n1CCC[C@H]1CN(CCOC)c2cc(C(N)=O)cc3nc(NC(=O)c4cc(C)nn4CC)n1c23. The average Bonchev–Trinajstić information content (AvgIpc) is 4.13. The summed E-state index contributed by atoms with van der Waals surface area (Å²) >= 11 is 0. The Balaban J connectivity index is 1.13. The van der Waals surface area contributed by atoms with E-state index in [4.69, 9.17) is 35.6 Å². The molecule has 8 rings (SSSR count). The zero-order valence-electron chi connectivity index (χ0n) is 41.3. The van der Waals surface area contributed by atoms with Gasteiger partial charge in [-0.1, -0.05) is 0 Å². The van der Waals surface area contributed by atoms with Crippen LogP contribution in [-0.4, -0.2) is 157 Å². The van der Waals surface area contributed by atoms with E-state index in [0.717, 1.165) is 11.2 Å². The number of nitrogens with two attached hydrogens (primary N) is 2. The normalized spacial score (nSPS) is 15.4. The van der Waals surface area contributed by atoms with Gasteiger partial charge in [0.05, 0.1) is 72.6 Å². The number of anilines is 3. The minimum absolute atomic E-state index is 0.00393. The van der Waals surface area contributed by atoms with Crippen molar-refractivity contribution in [2.45, 2.75) is 78.9 Å². The van der Waals surface area contributed by atoms with Gasteiger partial charge in [0.2, 0.25) is 23.7 Å². The summed E-state index contributed by atoms with van der Waals surface area (Å²) in [6, 6.07) is 9.91. The van der Waals surface area contributed by atoms with Crippen molar-refractivity contribution in [2.24, 2.45) is 11.5 Å². The summed E-state index contributed by atoms with van der Waals surface area (Å²) < 4.78 is 24.6. The number of aliphatic hydroxyl groups excluding tert-OH is 1. The number of benzene rings is 2. The Labute approximate surface area is 411 Å². The number of likely N-dealkylation sites (N-methyl/N-ethyl adjacent to an activating group) is 1. The van der Waals surface area contributed by atoms with Crippen LogP contribution in [0.2, 0.25) is 0 Å². The van der Waals surface area contributed by atoms with Gasteiger partial charge in [0.1, 0.15) is 28.9 Å². The highest BCUT2D eigenvalue weighted by Gasteiger charge is 2.33. The Morgan fingerprint density at radius 3 is 2.15 bits per heavy atom. The molecule has 4 amide bonds. The van der Waals surface area contributed by atoms with Gasteiger partial charge >= 0.3 is 0 Å². The molecule has 23 nitrogen and oxygen atoms in total. The van der Waals surface area contributed by atoms with E-state index in [1.807, 2.05) is 36.8 Å². The van der Waals surface area contributed by atoms with E-state index in [9.17, 15) is 24.3 Å². The fraction of sp³-hybridized carbons (Fsp3) is 0.500. The number of hydrogen-bond acceptors (Lipinski definition) is 15. The summed E-state index contributed by atoms with van der Waals surface area (Å²) in [5.41, 5.74) is 17.6. The van der Waals surface area contributed by atoms with Gasteiger partial charge in [-0.05, 0) is 83.4 Å². The Bertz CT molecular complexity index is 2910. The molecule has 0 aliphatic carbocycles. The van der Waals surface area contributed by atoms with Gasteiger partial charge in [-0.25, -0.2) is 9.97 Å². The number of aromatic nitrogens is 8. The Hall–Kier alpha value is -6.92. The molecule has 6 aromatic rings. The molecule has 380 valence electrons. The number of carbonyl (C=O) groups is 4. The third-order valence-corrected chi connectivity index (χ3v) is 12.9. The molecule has 0 radical (unpaired) electrons. The van der Waals surface area contributed by atoms with E-state index in [-0.39, 0.29) is 36.0 Å². The van der Waals surface area contributed by atoms with E-state index < -0.39 is 18.0 Å². The molecule has 2 aromatic carbocycles. The summed E-state index contributed by atoms with van der Waals surface area (Å²) in [4.78, 5) is 69.5. The van der Waals surface area contributed by atoms with Crippen LogP contribution >= 0.6 is 0 Å². The van der Waals surface area contributed by atoms with Crippen molar-refractivity contribution in [3.8, 4) is 5.75 Å². The molecule has 2 atom stereocenters. The van der Waals surface area contributed by atoms with Gasteiger partial charge in [-0.2, -0.15) is 10.2 Å². The van der Waals surface area contributed by atoms with Gasteiger partial charge < -0.3 is 49.7 Å². The summed E-state index contributed by atoms with van der Waals surface area (Å²) in [6.45, 7) is 13.7. The van der Waals surface area contributed by atoms with E-state index in [2.05, 4.69) is 30.6 Å². The summed E-state index contributed by atoms with van der Waals surface area (Å²) in [5.74, 6) is -0.481. The number of amides is 4. The van der Waals surface area contributed by atoms with Crippen molar-refractivity contribution in [1.29, 1.82) is 0 Å². The van der Waals surface area contributed by atoms with Crippen LogP contribution in [-0.2, 0) is 33.9 Å². The molecule has 1 unspecified atom stereocenters. The maximum absolute atomic E-state index is 14.1. The highest BCUT2D eigenvalue weighted by Crippen LogP contribution is 2.41. The van der Waals surface area contributed by atoms with Crippen LogP contribution in [0, 0.1) is 13.8 Å². The van der Waals surface area contributed by atoms with E-state index in [1.54, 1.807) is 64.8 Å². The molecule has 1 saturated heterocycles. The first-order valence-electron chi connectivity index (χ1n) is 24.1. The number of ether oxygens (including phenoxy) is 3. The fourth-order valence-electron chi connectivity index (χ4n) is 9.38. The minimum Gasteiger partial charge on any atom is -0.491 e. The quantitative estimate of drug-likeness (QED) is 0.0483. The number of primary amides is 1. The summed E-state index contributed by atoms with van der Waals surface area (Å²) in [5, 5.41) is 25.7. The highest BCUT2D eigenvalue weighted by molar-refractivity contribution is 6.06. The second kappa shape index (κ2) is 22.0. The Morgan fingerprint density at radius 1 is 0.873 bits per heavy atom. The number of imidazole rings is 2. The topological polar surface area (TPSA) is 273 Å². The standard InChI is InChI=1S/C48H65N15O8/c1-7-61-37(21-29(3)55-61)45(67)53-47-51-35-24-32(44(50)66)26-39(71-17-10-12-57(5)40(64)28-58-14-19-70-20-15-58)42(35)60(47)13-9-11-33-27-59(16-18-69-6)36-25-31(43(49)65)23-34-41(36)63(33)48(52-34)54-46(68)38-22-30(4)56-62(38)8-2/h21-26,33,44,66H,7-20,27-28,50H2,1-6H3,(H2,49,65)(H,51,53,67)(H,52,54,68)/t33-,44?/m0/s1. The number of nitrogens with zero attached hydrogens (tertiary/aromatic N) is 11. The lowest BCUT2D eigenvalue weighted by Gasteiger charge is -2.36. The van der Waals surface area contributed by atoms with E-state index >= 15 is 0 Å². The molecule has 2 aliphatic rings. The van der Waals surface area contributed by atoms with Crippen molar-refractivity contribution in [3.63, 3.8) is 0 Å². The molecule has 1 fully saturated rings. The lowest BCUT2D eigenvalue weighted by atomic mass is 10.0. The van der Waals surface area contributed by atoms with Crippen LogP contribution in [0.3, 0.4) is 0 Å². The van der Waals surface area contributed by atoms with Gasteiger partial charge in [-0.15, -0.1) is 0 Å². The zero-order valence-corrected chi connectivity index (χ0v) is 41.3. The molecule has 0 spiro atoms. The number of methoxy groups -OCH3 is 1. The lowest BCUT2D eigenvalue weighted by molar-refractivity contribution is -0.132. The predicted octanol–water partition coefficient (Wildman–Crippen LogP) is 3.04. The molecule has 23 heteroatoms. The average molecular weight is 980 g/mol. The zero-order chi connectivity index (χ0) is 50.5. The number of hydrogen-bond donors (Lipinski definition) is 5. The monoisotopic (exact) mass is 980 g/mol. The van der Waals surface area contributed by atoms with Crippen molar-refractivity contribution in [3.05, 3.63) is 70.3 Å². The second-order valence-corrected chi connectivity index (χ2v) is 18.0. The predicted molar refractivity (Wildman–Crippen MR) is 266 cm³/mol. The van der Waals surface area contributed by atoms with Crippen molar-refractivity contribution < 1.29 is 38.5 Å². The number of aliphatic hydroxyl groups is 1. The number of fused-ring (bicyclic) bond motifs is 1.